The molecule has 0 bridgehead atoms. The summed E-state index contributed by atoms with van der Waals surface area (Å²) in [5.41, 5.74) is 0.597. The number of anilines is 1. The summed E-state index contributed by atoms with van der Waals surface area (Å²) in [6.07, 6.45) is 1.63. The lowest BCUT2D eigenvalue weighted by atomic mass is 10.3. The Morgan fingerprint density at radius 3 is 2.46 bits per heavy atom. The summed E-state index contributed by atoms with van der Waals surface area (Å²) < 4.78 is 37.4. The number of nitrogens with one attached hydrogen (secondary N) is 2. The molecule has 0 aliphatic carbocycles. The number of carbonyl (C=O) groups excluding carboxylic acids is 1. The quantitative estimate of drug-likeness (QED) is 0.567. The number of amides is 1. The maximum Gasteiger partial charge on any atom is 0.262 e. The van der Waals surface area contributed by atoms with Crippen molar-refractivity contribution in [3.8, 4) is 11.5 Å². The van der Waals surface area contributed by atoms with E-state index in [-0.39, 0.29) is 28.2 Å². The minimum atomic E-state index is -3.63. The van der Waals surface area contributed by atoms with Gasteiger partial charge in [-0.25, -0.2) is 13.1 Å². The molecule has 0 aliphatic rings. The van der Waals surface area contributed by atoms with Crippen LogP contribution in [0, 0.1) is 0 Å². The zero-order chi connectivity index (χ0) is 20.6. The second-order valence-corrected chi connectivity index (χ2v) is 8.08. The van der Waals surface area contributed by atoms with Gasteiger partial charge in [-0.05, 0) is 48.9 Å². The van der Waals surface area contributed by atoms with Crippen LogP contribution in [0.5, 0.6) is 11.5 Å². The first-order valence-electron chi connectivity index (χ1n) is 8.71. The Morgan fingerprint density at radius 2 is 1.86 bits per heavy atom. The fraction of sp³-hybridized carbons (Fsp3) is 0.316. The van der Waals surface area contributed by atoms with Gasteiger partial charge in [0.15, 0.2) is 6.61 Å². The zero-order valence-corrected chi connectivity index (χ0v) is 17.3. The predicted molar refractivity (Wildman–Crippen MR) is 109 cm³/mol. The molecule has 0 saturated heterocycles. The maximum atomic E-state index is 12.2. The molecule has 7 nitrogen and oxygen atoms in total. The SMILES string of the molecule is CCCCNS(=O)(=O)c1ccc(OCC(=O)Nc2ccc(OC)cc2)c(Cl)c1. The van der Waals surface area contributed by atoms with Crippen molar-refractivity contribution in [1.82, 2.24) is 4.72 Å². The van der Waals surface area contributed by atoms with Gasteiger partial charge in [0, 0.05) is 12.2 Å². The number of rotatable bonds is 10. The van der Waals surface area contributed by atoms with E-state index in [2.05, 4.69) is 10.0 Å². The molecule has 28 heavy (non-hydrogen) atoms. The highest BCUT2D eigenvalue weighted by molar-refractivity contribution is 7.89. The Hall–Kier alpha value is -2.29. The molecule has 152 valence electrons. The standard InChI is InChI=1S/C19H23ClN2O5S/c1-3-4-11-21-28(24,25)16-9-10-18(17(20)12-16)27-13-19(23)22-14-5-7-15(26-2)8-6-14/h5-10,12,21H,3-4,11,13H2,1-2H3,(H,22,23). The number of carbonyl (C=O) groups is 1. The summed E-state index contributed by atoms with van der Waals surface area (Å²) in [5.74, 6) is 0.526. The van der Waals surface area contributed by atoms with Crippen LogP contribution in [0.4, 0.5) is 5.69 Å². The minimum Gasteiger partial charge on any atom is -0.497 e. The topological polar surface area (TPSA) is 93.7 Å². The van der Waals surface area contributed by atoms with Crippen LogP contribution in [0.15, 0.2) is 47.4 Å². The van der Waals surface area contributed by atoms with Crippen LogP contribution < -0.4 is 19.5 Å². The van der Waals surface area contributed by atoms with Crippen molar-refractivity contribution in [2.24, 2.45) is 0 Å². The summed E-state index contributed by atoms with van der Waals surface area (Å²) >= 11 is 6.11. The lowest BCUT2D eigenvalue weighted by Crippen LogP contribution is -2.24. The third-order valence-corrected chi connectivity index (χ3v) is 5.52. The highest BCUT2D eigenvalue weighted by atomic mass is 35.5. The number of unbranched alkanes of at least 4 members (excludes halogenated alkanes) is 1. The van der Waals surface area contributed by atoms with Gasteiger partial charge in [0.05, 0.1) is 17.0 Å². The number of benzene rings is 2. The highest BCUT2D eigenvalue weighted by Gasteiger charge is 2.16. The van der Waals surface area contributed by atoms with E-state index in [0.29, 0.717) is 18.0 Å². The first-order chi connectivity index (χ1) is 13.4. The van der Waals surface area contributed by atoms with Crippen LogP contribution in [-0.4, -0.2) is 34.6 Å². The van der Waals surface area contributed by atoms with E-state index in [9.17, 15) is 13.2 Å². The van der Waals surface area contributed by atoms with Gasteiger partial charge in [0.2, 0.25) is 10.0 Å². The Balaban J connectivity index is 1.94. The molecule has 0 aliphatic heterocycles. The molecule has 0 spiro atoms. The second kappa shape index (κ2) is 10.3. The van der Waals surface area contributed by atoms with Gasteiger partial charge in [-0.1, -0.05) is 24.9 Å². The molecular weight excluding hydrogens is 404 g/mol. The van der Waals surface area contributed by atoms with Crippen LogP contribution in [0.1, 0.15) is 19.8 Å². The van der Waals surface area contributed by atoms with Gasteiger partial charge in [-0.3, -0.25) is 4.79 Å². The molecule has 2 aromatic rings. The van der Waals surface area contributed by atoms with E-state index in [1.807, 2.05) is 6.92 Å². The van der Waals surface area contributed by atoms with E-state index in [0.717, 1.165) is 12.8 Å². The minimum absolute atomic E-state index is 0.0450. The average molecular weight is 427 g/mol. The molecule has 2 aromatic carbocycles. The first kappa shape index (κ1) is 22.0. The van der Waals surface area contributed by atoms with E-state index < -0.39 is 10.0 Å². The van der Waals surface area contributed by atoms with Crippen LogP contribution in [0.2, 0.25) is 5.02 Å². The molecule has 0 unspecified atom stereocenters. The average Bonchev–Trinajstić information content (AvgIpc) is 2.67. The molecule has 0 radical (unpaired) electrons. The summed E-state index contributed by atoms with van der Waals surface area (Å²) in [5, 5.41) is 2.79. The molecule has 0 fully saturated rings. The number of sulfonamides is 1. The van der Waals surface area contributed by atoms with Crippen LogP contribution in [-0.2, 0) is 14.8 Å². The number of hydrogen-bond donors (Lipinski definition) is 2. The third kappa shape index (κ3) is 6.40. The van der Waals surface area contributed by atoms with Gasteiger partial charge in [0.1, 0.15) is 11.5 Å². The van der Waals surface area contributed by atoms with Gasteiger partial charge in [-0.2, -0.15) is 0 Å². The molecule has 9 heteroatoms. The lowest BCUT2D eigenvalue weighted by Gasteiger charge is -2.11. The number of ether oxygens (including phenoxy) is 2. The van der Waals surface area contributed by atoms with Crippen molar-refractivity contribution in [3.63, 3.8) is 0 Å². The van der Waals surface area contributed by atoms with E-state index >= 15 is 0 Å². The first-order valence-corrected chi connectivity index (χ1v) is 10.6. The van der Waals surface area contributed by atoms with Crippen molar-refractivity contribution in [3.05, 3.63) is 47.5 Å². The van der Waals surface area contributed by atoms with Crippen molar-refractivity contribution >= 4 is 33.2 Å². The third-order valence-electron chi connectivity index (χ3n) is 3.77. The smallest absolute Gasteiger partial charge is 0.262 e. The molecule has 0 atom stereocenters. The monoisotopic (exact) mass is 426 g/mol. The van der Waals surface area contributed by atoms with Crippen LogP contribution in [0.3, 0.4) is 0 Å². The molecule has 0 saturated carbocycles. The number of hydrogen-bond acceptors (Lipinski definition) is 5. The fourth-order valence-corrected chi connectivity index (χ4v) is 3.65. The van der Waals surface area contributed by atoms with Crippen molar-refractivity contribution in [2.45, 2.75) is 24.7 Å². The summed E-state index contributed by atoms with van der Waals surface area (Å²) in [6.45, 7) is 2.06. The largest absolute Gasteiger partial charge is 0.497 e. The lowest BCUT2D eigenvalue weighted by molar-refractivity contribution is -0.118. The normalized spacial score (nSPS) is 11.1. The summed E-state index contributed by atoms with van der Waals surface area (Å²) in [7, 11) is -2.07. The Bertz CT molecular complexity index is 901. The molecule has 0 aromatic heterocycles. The Kier molecular flexibility index (Phi) is 8.10. The predicted octanol–water partition coefficient (Wildman–Crippen LogP) is 3.44. The van der Waals surface area contributed by atoms with Crippen molar-refractivity contribution in [2.75, 3.05) is 25.6 Å². The second-order valence-electron chi connectivity index (χ2n) is 5.91. The molecule has 2 rings (SSSR count). The Morgan fingerprint density at radius 1 is 1.14 bits per heavy atom. The fourth-order valence-electron chi connectivity index (χ4n) is 2.25. The summed E-state index contributed by atoms with van der Waals surface area (Å²) in [4.78, 5) is 12.1. The zero-order valence-electron chi connectivity index (χ0n) is 15.7. The summed E-state index contributed by atoms with van der Waals surface area (Å²) in [6, 6.07) is 11.0. The number of halogens is 1. The van der Waals surface area contributed by atoms with Crippen molar-refractivity contribution < 1.29 is 22.7 Å². The number of methoxy groups -OCH3 is 1. The van der Waals surface area contributed by atoms with Gasteiger partial charge >= 0.3 is 0 Å². The van der Waals surface area contributed by atoms with Gasteiger partial charge in [-0.15, -0.1) is 0 Å². The van der Waals surface area contributed by atoms with Crippen LogP contribution >= 0.6 is 11.6 Å². The van der Waals surface area contributed by atoms with E-state index in [1.54, 1.807) is 31.4 Å². The van der Waals surface area contributed by atoms with E-state index in [4.69, 9.17) is 21.1 Å². The van der Waals surface area contributed by atoms with Crippen LogP contribution in [0.25, 0.3) is 0 Å². The van der Waals surface area contributed by atoms with Gasteiger partial charge < -0.3 is 14.8 Å². The van der Waals surface area contributed by atoms with E-state index in [1.165, 1.54) is 18.2 Å². The maximum absolute atomic E-state index is 12.2. The molecule has 0 heterocycles. The molecular formula is C19H23ClN2O5S. The highest BCUT2D eigenvalue weighted by Crippen LogP contribution is 2.27. The molecule has 2 N–H and O–H groups in total. The van der Waals surface area contributed by atoms with Gasteiger partial charge in [0.25, 0.3) is 5.91 Å². The van der Waals surface area contributed by atoms with Crippen molar-refractivity contribution in [1.29, 1.82) is 0 Å². The molecule has 1 amide bonds. The Labute approximate surface area is 170 Å².